The Bertz CT molecular complexity index is 806. The van der Waals surface area contributed by atoms with Crippen molar-refractivity contribution in [2.75, 3.05) is 6.61 Å². The lowest BCUT2D eigenvalue weighted by Gasteiger charge is -2.04. The molecule has 2 N–H and O–H groups in total. The first-order valence-corrected chi connectivity index (χ1v) is 9.56. The van der Waals surface area contributed by atoms with Crippen LogP contribution in [0.4, 0.5) is 8.78 Å². The summed E-state index contributed by atoms with van der Waals surface area (Å²) >= 11 is 3.01. The number of benzene rings is 2. The maximum Gasteiger partial charge on any atom is 0.168 e. The monoisotopic (exact) mass is 379 g/mol. The third kappa shape index (κ3) is 4.32. The average Bonchev–Trinajstić information content (AvgIpc) is 3.05. The van der Waals surface area contributed by atoms with Crippen LogP contribution in [0.15, 0.2) is 44.4 Å². The van der Waals surface area contributed by atoms with Crippen LogP contribution in [0.5, 0.6) is 0 Å². The molecule has 25 heavy (non-hydrogen) atoms. The summed E-state index contributed by atoms with van der Waals surface area (Å²) in [5, 5.41) is 16.2. The molecule has 2 aromatic carbocycles. The lowest BCUT2D eigenvalue weighted by Crippen LogP contribution is -1.95. The number of halogens is 2. The van der Waals surface area contributed by atoms with Gasteiger partial charge in [-0.05, 0) is 30.2 Å². The van der Waals surface area contributed by atoms with Gasteiger partial charge in [-0.2, -0.15) is 0 Å². The summed E-state index contributed by atoms with van der Waals surface area (Å²) in [7, 11) is 0. The van der Waals surface area contributed by atoms with Gasteiger partial charge >= 0.3 is 0 Å². The first-order chi connectivity index (χ1) is 12.1. The summed E-state index contributed by atoms with van der Waals surface area (Å²) in [5.74, 6) is -1.94. The predicted molar refractivity (Wildman–Crippen MR) is 103 cm³/mol. The fraction of sp³-hybridized carbons (Fsp3) is 0.211. The molecule has 0 spiro atoms. The van der Waals surface area contributed by atoms with Crippen LogP contribution < -0.4 is 0 Å². The Kier molecular flexibility index (Phi) is 7.23. The van der Waals surface area contributed by atoms with Crippen LogP contribution in [-0.4, -0.2) is 17.9 Å². The summed E-state index contributed by atoms with van der Waals surface area (Å²) in [4.78, 5) is 2.12. The molecule has 0 atom stereocenters. The van der Waals surface area contributed by atoms with Gasteiger partial charge in [0, 0.05) is 33.7 Å². The van der Waals surface area contributed by atoms with Crippen molar-refractivity contribution >= 4 is 35.8 Å². The molecule has 0 fully saturated rings. The molecule has 1 aliphatic rings. The van der Waals surface area contributed by atoms with Crippen molar-refractivity contribution in [2.24, 2.45) is 0 Å². The largest absolute Gasteiger partial charge is 0.396 e. The molecular formula is C19H19F2NOS2. The molecule has 2 aromatic rings. The van der Waals surface area contributed by atoms with Crippen LogP contribution in [0.1, 0.15) is 30.5 Å². The van der Waals surface area contributed by atoms with Gasteiger partial charge in [-0.15, -0.1) is 0 Å². The highest BCUT2D eigenvalue weighted by molar-refractivity contribution is 8.25. The minimum Gasteiger partial charge on any atom is -0.396 e. The molecular weight excluding hydrogens is 360 g/mol. The Morgan fingerprint density at radius 3 is 2.40 bits per heavy atom. The van der Waals surface area contributed by atoms with Gasteiger partial charge in [0.1, 0.15) is 0 Å². The number of rotatable bonds is 4. The normalized spacial score (nSPS) is 14.0. The third-order valence-corrected chi connectivity index (χ3v) is 5.94. The van der Waals surface area contributed by atoms with Crippen LogP contribution in [0.2, 0.25) is 0 Å². The van der Waals surface area contributed by atoms with Crippen LogP contribution in [0.3, 0.4) is 0 Å². The fourth-order valence-corrected chi connectivity index (χ4v) is 4.86. The molecule has 3 rings (SSSR count). The molecule has 1 aliphatic heterocycles. The van der Waals surface area contributed by atoms with Crippen molar-refractivity contribution in [1.82, 2.24) is 0 Å². The first-order valence-electron chi connectivity index (χ1n) is 7.92. The van der Waals surface area contributed by atoms with Gasteiger partial charge < -0.3 is 10.5 Å². The van der Waals surface area contributed by atoms with Crippen molar-refractivity contribution in [1.29, 1.82) is 5.41 Å². The molecule has 0 aliphatic carbocycles. The summed E-state index contributed by atoms with van der Waals surface area (Å²) in [6.45, 7) is 4.08. The SMILES string of the molecule is CC.N=Cc1ccc(/C=C2/Sc3cccc(CCO)c3S2)c(F)c1F. The zero-order valence-corrected chi connectivity index (χ0v) is 15.6. The Morgan fingerprint density at radius 1 is 1.04 bits per heavy atom. The second kappa shape index (κ2) is 9.17. The lowest BCUT2D eigenvalue weighted by molar-refractivity contribution is 0.298. The topological polar surface area (TPSA) is 44.1 Å². The van der Waals surface area contributed by atoms with Gasteiger partial charge in [-0.25, -0.2) is 8.78 Å². The summed E-state index contributed by atoms with van der Waals surface area (Å²) in [6, 6.07) is 8.74. The lowest BCUT2D eigenvalue weighted by atomic mass is 10.1. The maximum atomic E-state index is 14.1. The number of aliphatic hydroxyl groups is 1. The third-order valence-electron chi connectivity index (χ3n) is 3.43. The minimum absolute atomic E-state index is 0.0649. The number of hydrogen-bond donors (Lipinski definition) is 2. The van der Waals surface area contributed by atoms with Crippen LogP contribution >= 0.6 is 23.5 Å². The van der Waals surface area contributed by atoms with E-state index in [1.54, 1.807) is 6.08 Å². The highest BCUT2D eigenvalue weighted by atomic mass is 32.2. The fourth-order valence-electron chi connectivity index (χ4n) is 2.29. The molecule has 0 saturated carbocycles. The molecule has 0 aromatic heterocycles. The van der Waals surface area contributed by atoms with E-state index < -0.39 is 11.6 Å². The maximum absolute atomic E-state index is 14.1. The van der Waals surface area contributed by atoms with Gasteiger partial charge in [0.2, 0.25) is 0 Å². The highest BCUT2D eigenvalue weighted by Crippen LogP contribution is 2.53. The van der Waals surface area contributed by atoms with E-state index in [1.807, 2.05) is 32.0 Å². The van der Waals surface area contributed by atoms with Crippen molar-refractivity contribution in [2.45, 2.75) is 30.1 Å². The standard InChI is InChI=1S/C17H13F2NOS2.C2H6/c18-15-11(4-5-12(9-20)16(15)19)8-14-22-13-3-1-2-10(6-7-21)17(13)23-14;1-2/h1-5,8-9,20-21H,6-7H2;1-2H3/b14-8-,20-9?;. The molecule has 0 saturated heterocycles. The smallest absolute Gasteiger partial charge is 0.168 e. The van der Waals surface area contributed by atoms with E-state index in [1.165, 1.54) is 35.7 Å². The van der Waals surface area contributed by atoms with Gasteiger partial charge in [0.15, 0.2) is 11.6 Å². The average molecular weight is 379 g/mol. The van der Waals surface area contributed by atoms with Crippen molar-refractivity contribution in [3.63, 3.8) is 0 Å². The molecule has 0 radical (unpaired) electrons. The molecule has 0 amide bonds. The van der Waals surface area contributed by atoms with E-state index in [0.717, 1.165) is 25.8 Å². The molecule has 6 heteroatoms. The zero-order chi connectivity index (χ0) is 18.4. The van der Waals surface area contributed by atoms with E-state index in [9.17, 15) is 8.78 Å². The van der Waals surface area contributed by atoms with Gasteiger partial charge in [0.25, 0.3) is 0 Å². The van der Waals surface area contributed by atoms with Crippen LogP contribution in [0.25, 0.3) is 6.08 Å². The van der Waals surface area contributed by atoms with Crippen molar-refractivity contribution < 1.29 is 13.9 Å². The second-order valence-electron chi connectivity index (χ2n) is 4.90. The van der Waals surface area contributed by atoms with Crippen molar-refractivity contribution in [3.05, 3.63) is 62.9 Å². The van der Waals surface area contributed by atoms with Crippen molar-refractivity contribution in [3.8, 4) is 0 Å². The zero-order valence-electron chi connectivity index (χ0n) is 14.0. The van der Waals surface area contributed by atoms with Gasteiger partial charge in [-0.3, -0.25) is 0 Å². The highest BCUT2D eigenvalue weighted by Gasteiger charge is 2.21. The molecule has 132 valence electrons. The van der Waals surface area contributed by atoms with Crippen LogP contribution in [-0.2, 0) is 6.42 Å². The Labute approximate surface area is 154 Å². The number of hydrogen-bond acceptors (Lipinski definition) is 4. The number of nitrogens with one attached hydrogen (secondary N) is 1. The minimum atomic E-state index is -0.999. The van der Waals surface area contributed by atoms with E-state index in [-0.39, 0.29) is 17.7 Å². The first kappa shape index (κ1) is 19.7. The quantitative estimate of drug-likeness (QED) is 0.668. The number of aliphatic hydroxyl groups excluding tert-OH is 1. The number of thioether (sulfide) groups is 2. The molecule has 0 unspecified atom stereocenters. The summed E-state index contributed by atoms with van der Waals surface area (Å²) in [5.41, 5.74) is 1.15. The molecule has 0 bridgehead atoms. The van der Waals surface area contributed by atoms with E-state index >= 15 is 0 Å². The van der Waals surface area contributed by atoms with Gasteiger partial charge in [-0.1, -0.05) is 55.6 Å². The Morgan fingerprint density at radius 2 is 1.72 bits per heavy atom. The van der Waals surface area contributed by atoms with Crippen LogP contribution in [0, 0.1) is 17.0 Å². The molecule has 2 nitrogen and oxygen atoms in total. The van der Waals surface area contributed by atoms with Gasteiger partial charge in [0.05, 0.1) is 4.24 Å². The second-order valence-corrected chi connectivity index (χ2v) is 7.30. The Hall–Kier alpha value is -1.63. The van der Waals surface area contributed by atoms with E-state index in [0.29, 0.717) is 6.42 Å². The predicted octanol–water partition coefficient (Wildman–Crippen LogP) is 5.72. The van der Waals surface area contributed by atoms with E-state index in [4.69, 9.17) is 10.5 Å². The Balaban J connectivity index is 0.00000109. The summed E-state index contributed by atoms with van der Waals surface area (Å²) in [6.07, 6.45) is 2.98. The number of fused-ring (bicyclic) bond motifs is 1. The van der Waals surface area contributed by atoms with E-state index in [2.05, 4.69) is 0 Å². The summed E-state index contributed by atoms with van der Waals surface area (Å²) < 4.78 is 28.7. The molecule has 1 heterocycles.